The maximum absolute atomic E-state index is 13.8. The highest BCUT2D eigenvalue weighted by Gasteiger charge is 2.20. The lowest BCUT2D eigenvalue weighted by Gasteiger charge is -2.19. The number of benzene rings is 1. The minimum absolute atomic E-state index is 0.103. The number of hydrogen-bond acceptors (Lipinski definition) is 5. The summed E-state index contributed by atoms with van der Waals surface area (Å²) in [6.07, 6.45) is 2.47. The normalized spacial score (nSPS) is 12.6. The lowest BCUT2D eigenvalue weighted by molar-refractivity contribution is 0.227. The summed E-state index contributed by atoms with van der Waals surface area (Å²) in [7, 11) is -2.39. The third-order valence-electron chi connectivity index (χ3n) is 4.34. The van der Waals surface area contributed by atoms with Crippen LogP contribution in [0.25, 0.3) is 11.3 Å². The highest BCUT2D eigenvalue weighted by atomic mass is 35.5. The van der Waals surface area contributed by atoms with Crippen molar-refractivity contribution in [1.82, 2.24) is 9.97 Å². The molecule has 3 rings (SSSR count). The number of pyridine rings is 2. The molecule has 1 unspecified atom stereocenters. The van der Waals surface area contributed by atoms with Gasteiger partial charge in [0, 0.05) is 33.8 Å². The smallest absolute Gasteiger partial charge is 0.166 e. The molecular formula is C20H19Cl2FN3O2P. The van der Waals surface area contributed by atoms with E-state index in [9.17, 15) is 8.96 Å². The van der Waals surface area contributed by atoms with Gasteiger partial charge in [-0.25, -0.2) is 9.37 Å². The lowest BCUT2D eigenvalue weighted by Crippen LogP contribution is -2.08. The van der Waals surface area contributed by atoms with Gasteiger partial charge in [0.15, 0.2) is 11.6 Å². The number of nitrogens with two attached hydrogens (primary N) is 1. The van der Waals surface area contributed by atoms with E-state index >= 15 is 0 Å². The monoisotopic (exact) mass is 453 g/mol. The number of anilines is 1. The van der Waals surface area contributed by atoms with Crippen LogP contribution in [0.5, 0.6) is 5.75 Å². The predicted molar refractivity (Wildman–Crippen MR) is 116 cm³/mol. The van der Waals surface area contributed by atoms with Crippen LogP contribution < -0.4 is 15.8 Å². The predicted octanol–water partition coefficient (Wildman–Crippen LogP) is 5.56. The van der Waals surface area contributed by atoms with Crippen LogP contribution in [0.2, 0.25) is 10.0 Å². The van der Waals surface area contributed by atoms with Gasteiger partial charge in [0.1, 0.15) is 19.1 Å². The van der Waals surface area contributed by atoms with Crippen molar-refractivity contribution in [3.05, 3.63) is 64.2 Å². The topological polar surface area (TPSA) is 78.1 Å². The molecular weight excluding hydrogens is 435 g/mol. The van der Waals surface area contributed by atoms with E-state index in [0.717, 1.165) is 0 Å². The Hall–Kier alpha value is -2.14. The van der Waals surface area contributed by atoms with Gasteiger partial charge in [-0.1, -0.05) is 23.2 Å². The Morgan fingerprint density at radius 3 is 2.48 bits per heavy atom. The first kappa shape index (κ1) is 21.6. The lowest BCUT2D eigenvalue weighted by atomic mass is 10.1. The molecule has 2 heterocycles. The van der Waals surface area contributed by atoms with Gasteiger partial charge in [-0.15, -0.1) is 0 Å². The molecule has 0 saturated heterocycles. The van der Waals surface area contributed by atoms with Crippen molar-refractivity contribution in [3.8, 4) is 17.0 Å². The van der Waals surface area contributed by atoms with Crippen LogP contribution in [0.3, 0.4) is 0 Å². The summed E-state index contributed by atoms with van der Waals surface area (Å²) < 4.78 is 31.9. The molecule has 1 atom stereocenters. The van der Waals surface area contributed by atoms with E-state index in [-0.39, 0.29) is 21.6 Å². The van der Waals surface area contributed by atoms with Crippen LogP contribution in [-0.4, -0.2) is 23.3 Å². The second kappa shape index (κ2) is 8.31. The zero-order valence-corrected chi connectivity index (χ0v) is 18.4. The number of rotatable bonds is 5. The minimum atomic E-state index is -2.39. The maximum Gasteiger partial charge on any atom is 0.166 e. The van der Waals surface area contributed by atoms with Crippen molar-refractivity contribution in [2.24, 2.45) is 0 Å². The zero-order valence-electron chi connectivity index (χ0n) is 16.0. The first-order valence-corrected chi connectivity index (χ1v) is 12.0. The highest BCUT2D eigenvalue weighted by molar-refractivity contribution is 7.70. The SMILES string of the molecule is CC(Oc1cc(-c2ccc(P(C)(C)=O)cn2)cnc1N)c1c(Cl)ccc(F)c1Cl. The molecule has 0 aliphatic rings. The number of aromatic nitrogens is 2. The molecule has 0 bridgehead atoms. The summed E-state index contributed by atoms with van der Waals surface area (Å²) in [5, 5.41) is 0.867. The van der Waals surface area contributed by atoms with Gasteiger partial charge >= 0.3 is 0 Å². The van der Waals surface area contributed by atoms with Crippen molar-refractivity contribution in [2.75, 3.05) is 19.1 Å². The summed E-state index contributed by atoms with van der Waals surface area (Å²) in [5.74, 6) is -0.142. The van der Waals surface area contributed by atoms with Gasteiger partial charge in [0.2, 0.25) is 0 Å². The van der Waals surface area contributed by atoms with Gasteiger partial charge < -0.3 is 15.0 Å². The molecule has 0 aliphatic carbocycles. The van der Waals surface area contributed by atoms with Crippen LogP contribution in [0.1, 0.15) is 18.6 Å². The first-order valence-electron chi connectivity index (χ1n) is 8.65. The number of nitrogens with zero attached hydrogens (tertiary/aromatic N) is 2. The summed E-state index contributed by atoms with van der Waals surface area (Å²) in [5.41, 5.74) is 7.55. The van der Waals surface area contributed by atoms with E-state index in [1.165, 1.54) is 12.1 Å². The van der Waals surface area contributed by atoms with E-state index in [4.69, 9.17) is 33.7 Å². The van der Waals surface area contributed by atoms with E-state index in [1.807, 2.05) is 0 Å². The molecule has 0 radical (unpaired) electrons. The Kier molecular flexibility index (Phi) is 6.18. The molecule has 0 fully saturated rings. The van der Waals surface area contributed by atoms with Crippen LogP contribution in [0, 0.1) is 5.82 Å². The standard InChI is InChI=1S/C20H19Cl2FN3O2P/c1-11(18-14(21)5-6-15(23)19(18)22)28-17-8-12(9-26-20(17)24)16-7-4-13(10-25-16)29(2,3)27/h4-11H,1-3H3,(H2,24,26). The minimum Gasteiger partial charge on any atom is -0.482 e. The van der Waals surface area contributed by atoms with Crippen LogP contribution >= 0.6 is 30.3 Å². The Morgan fingerprint density at radius 1 is 1.14 bits per heavy atom. The molecule has 1 aromatic carbocycles. The van der Waals surface area contributed by atoms with Gasteiger partial charge in [-0.05, 0) is 50.6 Å². The molecule has 2 aromatic heterocycles. The third kappa shape index (κ3) is 4.72. The molecule has 152 valence electrons. The first-order chi connectivity index (χ1) is 13.6. The maximum atomic E-state index is 13.8. The number of hydrogen-bond donors (Lipinski definition) is 1. The van der Waals surface area contributed by atoms with Crippen molar-refractivity contribution in [1.29, 1.82) is 0 Å². The summed E-state index contributed by atoms with van der Waals surface area (Å²) in [4.78, 5) is 8.52. The van der Waals surface area contributed by atoms with Gasteiger partial charge in [-0.3, -0.25) is 4.98 Å². The van der Waals surface area contributed by atoms with Crippen molar-refractivity contribution in [3.63, 3.8) is 0 Å². The fourth-order valence-corrected chi connectivity index (χ4v) is 4.18. The van der Waals surface area contributed by atoms with E-state index < -0.39 is 19.1 Å². The Balaban J connectivity index is 1.92. The van der Waals surface area contributed by atoms with E-state index in [0.29, 0.717) is 22.1 Å². The van der Waals surface area contributed by atoms with Gasteiger partial charge in [0.25, 0.3) is 0 Å². The van der Waals surface area contributed by atoms with Crippen molar-refractivity contribution >= 4 is 41.5 Å². The fraction of sp³-hybridized carbons (Fsp3) is 0.200. The van der Waals surface area contributed by atoms with Crippen LogP contribution in [0.4, 0.5) is 10.2 Å². The highest BCUT2D eigenvalue weighted by Crippen LogP contribution is 2.37. The average molecular weight is 454 g/mol. The Bertz CT molecular complexity index is 1100. The quantitative estimate of drug-likeness (QED) is 0.404. The molecule has 9 heteroatoms. The molecule has 0 spiro atoms. The average Bonchev–Trinajstić information content (AvgIpc) is 2.66. The van der Waals surface area contributed by atoms with Crippen molar-refractivity contribution < 1.29 is 13.7 Å². The second-order valence-electron chi connectivity index (χ2n) is 6.88. The van der Waals surface area contributed by atoms with Gasteiger partial charge in [0.05, 0.1) is 10.7 Å². The summed E-state index contributed by atoms with van der Waals surface area (Å²) in [6, 6.07) is 7.82. The molecule has 5 nitrogen and oxygen atoms in total. The van der Waals surface area contributed by atoms with Gasteiger partial charge in [-0.2, -0.15) is 0 Å². The van der Waals surface area contributed by atoms with E-state index in [1.54, 1.807) is 50.8 Å². The largest absolute Gasteiger partial charge is 0.482 e. The molecule has 29 heavy (non-hydrogen) atoms. The van der Waals surface area contributed by atoms with E-state index in [2.05, 4.69) is 9.97 Å². The number of ether oxygens (including phenoxy) is 1. The summed E-state index contributed by atoms with van der Waals surface area (Å²) in [6.45, 7) is 5.06. The summed E-state index contributed by atoms with van der Waals surface area (Å²) >= 11 is 12.2. The molecule has 0 saturated carbocycles. The molecule has 3 aromatic rings. The number of halogens is 3. The second-order valence-corrected chi connectivity index (χ2v) is 10.9. The Labute approximate surface area is 178 Å². The molecule has 2 N–H and O–H groups in total. The Morgan fingerprint density at radius 2 is 1.86 bits per heavy atom. The van der Waals surface area contributed by atoms with Crippen molar-refractivity contribution in [2.45, 2.75) is 13.0 Å². The molecule has 0 aliphatic heterocycles. The van der Waals surface area contributed by atoms with Crippen LogP contribution in [0.15, 0.2) is 42.7 Å². The molecule has 0 amide bonds. The third-order valence-corrected chi connectivity index (χ3v) is 6.56. The number of nitrogen functional groups attached to an aromatic ring is 1. The zero-order chi connectivity index (χ0) is 21.3. The van der Waals surface area contributed by atoms with Crippen LogP contribution in [-0.2, 0) is 4.57 Å². The fourth-order valence-electron chi connectivity index (χ4n) is 2.73.